The highest BCUT2D eigenvalue weighted by atomic mass is 32.2. The summed E-state index contributed by atoms with van der Waals surface area (Å²) in [6.07, 6.45) is 0. The van der Waals surface area contributed by atoms with Crippen molar-refractivity contribution in [2.45, 2.75) is 0 Å². The Morgan fingerprint density at radius 3 is 2.15 bits per heavy atom. The fourth-order valence-corrected chi connectivity index (χ4v) is 3.60. The van der Waals surface area contributed by atoms with Crippen LogP contribution in [0.3, 0.4) is 0 Å². The van der Waals surface area contributed by atoms with Gasteiger partial charge in [0.25, 0.3) is 0 Å². The minimum absolute atomic E-state index is 0.284. The van der Waals surface area contributed by atoms with Gasteiger partial charge < -0.3 is 4.74 Å². The number of nitrogens with zero attached hydrogens (tertiary/aromatic N) is 2. The second-order valence-electron chi connectivity index (χ2n) is 5.59. The zero-order valence-corrected chi connectivity index (χ0v) is 14.6. The molecule has 1 unspecified atom stereocenters. The molecule has 0 saturated carbocycles. The van der Waals surface area contributed by atoms with Gasteiger partial charge in [-0.3, -0.25) is 0 Å². The topological polar surface area (TPSA) is 34.0 Å². The summed E-state index contributed by atoms with van der Waals surface area (Å²) >= 11 is 0. The van der Waals surface area contributed by atoms with E-state index in [0.717, 1.165) is 16.9 Å². The predicted octanol–water partition coefficient (Wildman–Crippen LogP) is 6.09. The lowest BCUT2D eigenvalue weighted by molar-refractivity contribution is 0.480. The lowest BCUT2D eigenvalue weighted by atomic mass is 10.2. The summed E-state index contributed by atoms with van der Waals surface area (Å²) in [7, 11) is -0.367. The maximum absolute atomic E-state index is 12.9. The van der Waals surface area contributed by atoms with E-state index >= 15 is 0 Å². The van der Waals surface area contributed by atoms with Crippen molar-refractivity contribution in [3.63, 3.8) is 0 Å². The van der Waals surface area contributed by atoms with Crippen molar-refractivity contribution < 1.29 is 9.13 Å². The zero-order valence-electron chi connectivity index (χ0n) is 13.7. The van der Waals surface area contributed by atoms with Gasteiger partial charge in [0.05, 0.1) is 16.9 Å². The molecule has 0 spiro atoms. The van der Waals surface area contributed by atoms with E-state index in [1.807, 2.05) is 60.1 Å². The number of rotatable bonds is 4. The highest BCUT2D eigenvalue weighted by Crippen LogP contribution is 2.26. The van der Waals surface area contributed by atoms with Crippen LogP contribution in [0.15, 0.2) is 93.6 Å². The average Bonchev–Trinajstić information content (AvgIpc) is 3.14. The number of benzene rings is 3. The molecule has 0 saturated heterocycles. The SMILES string of the molecule is Fc1ccc(Oc2ccc(N=S3C=NC(c4ccccc4)=C3)cc2)cc1. The molecule has 0 N–H and O–H groups in total. The Bertz CT molecular complexity index is 994. The molecule has 3 aromatic rings. The number of hydrogen-bond donors (Lipinski definition) is 0. The van der Waals surface area contributed by atoms with E-state index in [-0.39, 0.29) is 16.5 Å². The Kier molecular flexibility index (Phi) is 4.71. The van der Waals surface area contributed by atoms with E-state index in [4.69, 9.17) is 9.10 Å². The molecule has 3 nitrogen and oxygen atoms in total. The van der Waals surface area contributed by atoms with Gasteiger partial charge in [0.1, 0.15) is 17.3 Å². The van der Waals surface area contributed by atoms with E-state index < -0.39 is 0 Å². The van der Waals surface area contributed by atoms with Crippen LogP contribution in [0.2, 0.25) is 0 Å². The van der Waals surface area contributed by atoms with Crippen LogP contribution in [0.5, 0.6) is 11.5 Å². The monoisotopic (exact) mass is 362 g/mol. The van der Waals surface area contributed by atoms with Crippen LogP contribution >= 0.6 is 0 Å². The van der Waals surface area contributed by atoms with Crippen LogP contribution in [0.1, 0.15) is 5.56 Å². The third kappa shape index (κ3) is 3.95. The van der Waals surface area contributed by atoms with Gasteiger partial charge in [0.15, 0.2) is 0 Å². The van der Waals surface area contributed by atoms with Crippen LogP contribution < -0.4 is 4.74 Å². The van der Waals surface area contributed by atoms with Gasteiger partial charge in [0.2, 0.25) is 0 Å². The summed E-state index contributed by atoms with van der Waals surface area (Å²) in [5.74, 6) is 0.990. The molecule has 0 aliphatic carbocycles. The van der Waals surface area contributed by atoms with Gasteiger partial charge >= 0.3 is 0 Å². The Morgan fingerprint density at radius 2 is 1.46 bits per heavy atom. The van der Waals surface area contributed by atoms with E-state index in [1.54, 1.807) is 12.1 Å². The molecule has 0 amide bonds. The third-order valence-corrected chi connectivity index (χ3v) is 4.91. The molecule has 128 valence electrons. The Morgan fingerprint density at radius 1 is 0.808 bits per heavy atom. The summed E-state index contributed by atoms with van der Waals surface area (Å²) < 4.78 is 23.3. The molecule has 1 aliphatic heterocycles. The van der Waals surface area contributed by atoms with Crippen LogP contribution in [-0.2, 0) is 10.7 Å². The standard InChI is InChI=1S/C21H15FN2OS/c22-17-6-10-19(11-7-17)25-20-12-8-18(9-13-20)24-26-14-21(23-15-26)16-4-2-1-3-5-16/h1-15H. The quantitative estimate of drug-likeness (QED) is 0.553. The zero-order chi connectivity index (χ0) is 17.8. The molecule has 0 bridgehead atoms. The van der Waals surface area contributed by atoms with Crippen molar-refractivity contribution >= 4 is 27.6 Å². The highest BCUT2D eigenvalue weighted by Gasteiger charge is 2.06. The van der Waals surface area contributed by atoms with Gasteiger partial charge in [-0.2, -0.15) is 0 Å². The minimum atomic E-state index is -0.367. The second kappa shape index (κ2) is 7.45. The summed E-state index contributed by atoms with van der Waals surface area (Å²) in [5, 5.41) is 2.07. The fourth-order valence-electron chi connectivity index (χ4n) is 2.42. The fraction of sp³-hybridized carbons (Fsp3) is 0. The molecule has 0 fully saturated rings. The van der Waals surface area contributed by atoms with Crippen LogP contribution in [-0.4, -0.2) is 5.55 Å². The Hall–Kier alpha value is -3.05. The summed E-state index contributed by atoms with van der Waals surface area (Å²) in [6.45, 7) is 0. The summed E-state index contributed by atoms with van der Waals surface area (Å²) in [6, 6.07) is 23.5. The molecule has 26 heavy (non-hydrogen) atoms. The van der Waals surface area contributed by atoms with E-state index in [1.165, 1.54) is 12.1 Å². The first-order valence-corrected chi connectivity index (χ1v) is 9.36. The number of hydrogen-bond acceptors (Lipinski definition) is 3. The second-order valence-corrected chi connectivity index (χ2v) is 6.91. The minimum Gasteiger partial charge on any atom is -0.457 e. The van der Waals surface area contributed by atoms with E-state index in [2.05, 4.69) is 10.4 Å². The van der Waals surface area contributed by atoms with Gasteiger partial charge in [-0.05, 0) is 59.2 Å². The maximum atomic E-state index is 12.9. The van der Waals surface area contributed by atoms with E-state index in [0.29, 0.717) is 11.5 Å². The van der Waals surface area contributed by atoms with Crippen LogP contribution in [0.25, 0.3) is 5.70 Å². The molecule has 1 heterocycles. The molecule has 3 aromatic carbocycles. The molecular weight excluding hydrogens is 347 g/mol. The molecule has 0 radical (unpaired) electrons. The molecule has 1 aliphatic rings. The maximum Gasteiger partial charge on any atom is 0.127 e. The molecule has 1 atom stereocenters. The highest BCUT2D eigenvalue weighted by molar-refractivity contribution is 8.03. The smallest absolute Gasteiger partial charge is 0.127 e. The van der Waals surface area contributed by atoms with Crippen molar-refractivity contribution in [1.29, 1.82) is 0 Å². The largest absolute Gasteiger partial charge is 0.457 e. The predicted molar refractivity (Wildman–Crippen MR) is 105 cm³/mol. The van der Waals surface area contributed by atoms with Crippen LogP contribution in [0.4, 0.5) is 10.1 Å². The molecule has 0 aromatic heterocycles. The first-order chi connectivity index (χ1) is 12.8. The molecule has 4 rings (SSSR count). The van der Waals surface area contributed by atoms with Gasteiger partial charge in [-0.15, -0.1) is 0 Å². The molecule has 5 heteroatoms. The lowest BCUT2D eigenvalue weighted by Crippen LogP contribution is -1.84. The number of aliphatic imine (C=N–C) groups is 1. The number of halogens is 1. The van der Waals surface area contributed by atoms with Gasteiger partial charge in [-0.25, -0.2) is 13.7 Å². The summed E-state index contributed by atoms with van der Waals surface area (Å²) in [4.78, 5) is 4.46. The average molecular weight is 362 g/mol. The first kappa shape index (κ1) is 16.4. The normalized spacial score (nSPS) is 15.9. The third-order valence-electron chi connectivity index (χ3n) is 3.70. The summed E-state index contributed by atoms with van der Waals surface area (Å²) in [5.41, 5.74) is 4.77. The van der Waals surface area contributed by atoms with E-state index in [9.17, 15) is 4.39 Å². The van der Waals surface area contributed by atoms with Crippen LogP contribution in [0, 0.1) is 5.82 Å². The Labute approximate surface area is 153 Å². The first-order valence-electron chi connectivity index (χ1n) is 8.05. The van der Waals surface area contributed by atoms with Crippen molar-refractivity contribution in [2.24, 2.45) is 9.36 Å². The lowest BCUT2D eigenvalue weighted by Gasteiger charge is -2.05. The molecular formula is C21H15FN2OS. The van der Waals surface area contributed by atoms with Gasteiger partial charge in [0, 0.05) is 11.0 Å². The Balaban J connectivity index is 1.47. The van der Waals surface area contributed by atoms with Crippen molar-refractivity contribution in [3.8, 4) is 11.5 Å². The van der Waals surface area contributed by atoms with Crippen molar-refractivity contribution in [2.75, 3.05) is 0 Å². The van der Waals surface area contributed by atoms with Gasteiger partial charge in [-0.1, -0.05) is 30.3 Å². The van der Waals surface area contributed by atoms with Crippen molar-refractivity contribution in [3.05, 3.63) is 95.7 Å². The van der Waals surface area contributed by atoms with Crippen molar-refractivity contribution in [1.82, 2.24) is 0 Å². The number of ether oxygens (including phenoxy) is 1.